The molecule has 116 valence electrons. The largest absolute Gasteiger partial charge is 0.374 e. The molecule has 2 aliphatic rings. The summed E-state index contributed by atoms with van der Waals surface area (Å²) in [7, 11) is 0. The van der Waals surface area contributed by atoms with Crippen molar-refractivity contribution < 1.29 is 9.47 Å². The van der Waals surface area contributed by atoms with Crippen molar-refractivity contribution >= 4 is 0 Å². The van der Waals surface area contributed by atoms with Gasteiger partial charge in [0.15, 0.2) is 0 Å². The number of hydrogen-bond acceptors (Lipinski definition) is 4. The van der Waals surface area contributed by atoms with Crippen LogP contribution in [0, 0.1) is 5.92 Å². The molecule has 0 unspecified atom stereocenters. The van der Waals surface area contributed by atoms with Crippen LogP contribution in [0.5, 0.6) is 0 Å². The molecule has 0 bridgehead atoms. The summed E-state index contributed by atoms with van der Waals surface area (Å²) in [6.07, 6.45) is 4.64. The van der Waals surface area contributed by atoms with Gasteiger partial charge in [0.1, 0.15) is 6.10 Å². The van der Waals surface area contributed by atoms with E-state index in [9.17, 15) is 0 Å². The lowest BCUT2D eigenvalue weighted by atomic mass is 10.0. The Labute approximate surface area is 127 Å². The topological polar surface area (TPSA) is 34.6 Å². The summed E-state index contributed by atoms with van der Waals surface area (Å²) in [4.78, 5) is 6.90. The molecule has 0 saturated carbocycles. The average Bonchev–Trinajstić information content (AvgIpc) is 2.84. The van der Waals surface area contributed by atoms with Crippen molar-refractivity contribution in [1.82, 2.24) is 9.88 Å². The molecule has 0 aromatic carbocycles. The van der Waals surface area contributed by atoms with Crippen LogP contribution < -0.4 is 0 Å². The second-order valence-corrected chi connectivity index (χ2v) is 6.56. The SMILES string of the molecule is CC(C)CN1C[C@H](OCc2ccccn2)[C@@H]2OCCC[C@@H]21. The second-order valence-electron chi connectivity index (χ2n) is 6.56. The highest BCUT2D eigenvalue weighted by atomic mass is 16.5. The third kappa shape index (κ3) is 3.62. The van der Waals surface area contributed by atoms with Crippen molar-refractivity contribution in [3.05, 3.63) is 30.1 Å². The highest BCUT2D eigenvalue weighted by Crippen LogP contribution is 2.31. The van der Waals surface area contributed by atoms with E-state index in [1.54, 1.807) is 0 Å². The van der Waals surface area contributed by atoms with Gasteiger partial charge in [0.2, 0.25) is 0 Å². The lowest BCUT2D eigenvalue weighted by molar-refractivity contribution is -0.0823. The third-order valence-corrected chi connectivity index (χ3v) is 4.35. The standard InChI is InChI=1S/C17H26N2O2/c1-13(2)10-19-11-16(17-15(19)7-5-9-20-17)21-12-14-6-3-4-8-18-14/h3-4,6,8,13,15-17H,5,7,9-12H2,1-2H3/t15-,16-,17+/m0/s1. The van der Waals surface area contributed by atoms with E-state index in [1.807, 2.05) is 24.4 Å². The van der Waals surface area contributed by atoms with Gasteiger partial charge in [0.25, 0.3) is 0 Å². The Balaban J connectivity index is 1.61. The zero-order valence-electron chi connectivity index (χ0n) is 13.1. The van der Waals surface area contributed by atoms with Gasteiger partial charge < -0.3 is 9.47 Å². The minimum atomic E-state index is 0.177. The number of nitrogens with zero attached hydrogens (tertiary/aromatic N) is 2. The Kier molecular flexibility index (Phi) is 4.88. The van der Waals surface area contributed by atoms with E-state index < -0.39 is 0 Å². The summed E-state index contributed by atoms with van der Waals surface area (Å²) in [6.45, 7) is 8.13. The molecular formula is C17H26N2O2. The summed E-state index contributed by atoms with van der Waals surface area (Å²) in [5.41, 5.74) is 0.993. The van der Waals surface area contributed by atoms with Gasteiger partial charge in [0, 0.05) is 31.9 Å². The van der Waals surface area contributed by atoms with E-state index in [1.165, 1.54) is 12.8 Å². The number of ether oxygens (including phenoxy) is 2. The molecule has 2 saturated heterocycles. The predicted octanol–water partition coefficient (Wildman–Crippen LogP) is 2.49. The first-order valence-corrected chi connectivity index (χ1v) is 8.11. The molecule has 1 aromatic rings. The maximum absolute atomic E-state index is 6.14. The fourth-order valence-corrected chi connectivity index (χ4v) is 3.51. The highest BCUT2D eigenvalue weighted by molar-refractivity contribution is 5.03. The zero-order chi connectivity index (χ0) is 14.7. The minimum absolute atomic E-state index is 0.177. The van der Waals surface area contributed by atoms with Gasteiger partial charge in [0.05, 0.1) is 18.4 Å². The number of fused-ring (bicyclic) bond motifs is 1. The van der Waals surface area contributed by atoms with Crippen LogP contribution in [0.3, 0.4) is 0 Å². The summed E-state index contributed by atoms with van der Waals surface area (Å²) in [5.74, 6) is 0.683. The lowest BCUT2D eigenvalue weighted by Crippen LogP contribution is -2.42. The lowest BCUT2D eigenvalue weighted by Gasteiger charge is -2.32. The molecule has 3 atom stereocenters. The summed E-state index contributed by atoms with van der Waals surface area (Å²) >= 11 is 0. The Morgan fingerprint density at radius 1 is 1.43 bits per heavy atom. The quantitative estimate of drug-likeness (QED) is 0.834. The summed E-state index contributed by atoms with van der Waals surface area (Å²) in [5, 5.41) is 0. The molecule has 2 aliphatic heterocycles. The van der Waals surface area contributed by atoms with Crippen molar-refractivity contribution in [2.75, 3.05) is 19.7 Å². The monoisotopic (exact) mass is 290 g/mol. The van der Waals surface area contributed by atoms with E-state index in [0.717, 1.165) is 25.4 Å². The number of likely N-dealkylation sites (tertiary alicyclic amines) is 1. The third-order valence-electron chi connectivity index (χ3n) is 4.35. The van der Waals surface area contributed by atoms with Crippen LogP contribution >= 0.6 is 0 Å². The first-order valence-electron chi connectivity index (χ1n) is 8.11. The average molecular weight is 290 g/mol. The number of aromatic nitrogens is 1. The van der Waals surface area contributed by atoms with Gasteiger partial charge in [-0.3, -0.25) is 9.88 Å². The number of pyridine rings is 1. The van der Waals surface area contributed by atoms with Gasteiger partial charge in [-0.2, -0.15) is 0 Å². The van der Waals surface area contributed by atoms with Gasteiger partial charge in [-0.1, -0.05) is 19.9 Å². The molecule has 4 heteroatoms. The molecule has 0 N–H and O–H groups in total. The first kappa shape index (κ1) is 14.9. The van der Waals surface area contributed by atoms with E-state index in [4.69, 9.17) is 9.47 Å². The van der Waals surface area contributed by atoms with Crippen molar-refractivity contribution in [2.24, 2.45) is 5.92 Å². The van der Waals surface area contributed by atoms with Crippen LogP contribution in [0.25, 0.3) is 0 Å². The van der Waals surface area contributed by atoms with E-state index in [2.05, 4.69) is 23.7 Å². The molecule has 0 radical (unpaired) electrons. The Hall–Kier alpha value is -0.970. The molecule has 0 aliphatic carbocycles. The van der Waals surface area contributed by atoms with E-state index in [0.29, 0.717) is 18.6 Å². The fourth-order valence-electron chi connectivity index (χ4n) is 3.51. The highest BCUT2D eigenvalue weighted by Gasteiger charge is 2.44. The molecule has 0 amide bonds. The molecule has 0 spiro atoms. The first-order chi connectivity index (χ1) is 10.2. The van der Waals surface area contributed by atoms with E-state index in [-0.39, 0.29) is 12.2 Å². The summed E-state index contributed by atoms with van der Waals surface area (Å²) < 4.78 is 12.2. The Morgan fingerprint density at radius 2 is 2.33 bits per heavy atom. The van der Waals surface area contributed by atoms with Crippen LogP contribution in [0.1, 0.15) is 32.4 Å². The van der Waals surface area contributed by atoms with Gasteiger partial charge >= 0.3 is 0 Å². The smallest absolute Gasteiger partial charge is 0.100 e. The minimum Gasteiger partial charge on any atom is -0.374 e. The molecule has 4 nitrogen and oxygen atoms in total. The van der Waals surface area contributed by atoms with Crippen molar-refractivity contribution in [2.45, 2.75) is 51.5 Å². The van der Waals surface area contributed by atoms with Crippen molar-refractivity contribution in [3.8, 4) is 0 Å². The van der Waals surface area contributed by atoms with Crippen LogP contribution in [0.4, 0.5) is 0 Å². The van der Waals surface area contributed by atoms with Crippen LogP contribution in [0.2, 0.25) is 0 Å². The summed E-state index contributed by atoms with van der Waals surface area (Å²) in [6, 6.07) is 6.49. The van der Waals surface area contributed by atoms with Crippen LogP contribution in [-0.4, -0.2) is 47.8 Å². The second kappa shape index (κ2) is 6.86. The number of hydrogen-bond donors (Lipinski definition) is 0. The molecule has 3 rings (SSSR count). The van der Waals surface area contributed by atoms with E-state index >= 15 is 0 Å². The van der Waals surface area contributed by atoms with Crippen LogP contribution in [0.15, 0.2) is 24.4 Å². The predicted molar refractivity (Wildman–Crippen MR) is 82.0 cm³/mol. The van der Waals surface area contributed by atoms with Crippen molar-refractivity contribution in [3.63, 3.8) is 0 Å². The molecule has 1 aromatic heterocycles. The molecule has 3 heterocycles. The zero-order valence-corrected chi connectivity index (χ0v) is 13.1. The van der Waals surface area contributed by atoms with Crippen molar-refractivity contribution in [1.29, 1.82) is 0 Å². The maximum atomic E-state index is 6.14. The van der Waals surface area contributed by atoms with Crippen LogP contribution in [-0.2, 0) is 16.1 Å². The van der Waals surface area contributed by atoms with Gasteiger partial charge in [-0.15, -0.1) is 0 Å². The molecule has 2 fully saturated rings. The number of rotatable bonds is 5. The maximum Gasteiger partial charge on any atom is 0.100 e. The van der Waals surface area contributed by atoms with Gasteiger partial charge in [-0.25, -0.2) is 0 Å². The fraction of sp³-hybridized carbons (Fsp3) is 0.706. The molecule has 21 heavy (non-hydrogen) atoms. The van der Waals surface area contributed by atoms with Gasteiger partial charge in [-0.05, 0) is 30.9 Å². The normalized spacial score (nSPS) is 29.8. The molecular weight excluding hydrogens is 264 g/mol. The Bertz CT molecular complexity index is 438. The Morgan fingerprint density at radius 3 is 3.10 bits per heavy atom.